The van der Waals surface area contributed by atoms with Crippen LogP contribution in [0.4, 0.5) is 0 Å². The summed E-state index contributed by atoms with van der Waals surface area (Å²) in [4.78, 5) is 17.3. The second-order valence-corrected chi connectivity index (χ2v) is 6.94. The summed E-state index contributed by atoms with van der Waals surface area (Å²) < 4.78 is 23.4. The van der Waals surface area contributed by atoms with Crippen molar-refractivity contribution in [1.29, 1.82) is 0 Å². The number of carbonyl (C=O) groups is 1. The molecule has 32 heavy (non-hydrogen) atoms. The molecule has 0 N–H and O–H groups in total. The van der Waals surface area contributed by atoms with Crippen LogP contribution < -0.4 is 14.2 Å². The number of methoxy groups -OCH3 is 4. The lowest BCUT2D eigenvalue weighted by molar-refractivity contribution is -0.127. The Morgan fingerprint density at radius 3 is 2.19 bits per heavy atom. The number of aromatic nitrogens is 2. The Kier molecular flexibility index (Phi) is 7.62. The third kappa shape index (κ3) is 4.97. The van der Waals surface area contributed by atoms with Gasteiger partial charge in [0.1, 0.15) is 12.6 Å². The number of rotatable bonds is 10. The first-order valence-electron chi connectivity index (χ1n) is 9.99. The van der Waals surface area contributed by atoms with Crippen LogP contribution in [0, 0.1) is 0 Å². The van der Waals surface area contributed by atoms with E-state index < -0.39 is 6.10 Å². The molecular formula is C24H27N3O5. The molecule has 0 spiro atoms. The fourth-order valence-electron chi connectivity index (χ4n) is 3.34. The van der Waals surface area contributed by atoms with E-state index in [1.807, 2.05) is 43.5 Å². The molecule has 1 aromatic heterocycles. The van der Waals surface area contributed by atoms with Crippen LogP contribution in [0.15, 0.2) is 59.9 Å². The predicted octanol–water partition coefficient (Wildman–Crippen LogP) is 3.66. The molecule has 0 bridgehead atoms. The molecule has 8 heteroatoms. The third-order valence-electron chi connectivity index (χ3n) is 5.05. The Hall–Kier alpha value is -3.65. The Balaban J connectivity index is 1.76. The molecule has 0 aliphatic rings. The monoisotopic (exact) mass is 437 g/mol. The molecule has 1 unspecified atom stereocenters. The molecule has 168 valence electrons. The molecule has 1 heterocycles. The molecule has 1 atom stereocenters. The Bertz CT molecular complexity index is 1050. The quantitative estimate of drug-likeness (QED) is 0.450. The van der Waals surface area contributed by atoms with E-state index >= 15 is 0 Å². The maximum atomic E-state index is 12.9. The molecule has 0 aliphatic heterocycles. The molecule has 3 aromatic rings. The number of benzene rings is 2. The Morgan fingerprint density at radius 2 is 1.69 bits per heavy atom. The lowest BCUT2D eigenvalue weighted by atomic mass is 10.0. The van der Waals surface area contributed by atoms with Gasteiger partial charge in [0.05, 0.1) is 27.0 Å². The van der Waals surface area contributed by atoms with Gasteiger partial charge in [-0.3, -0.25) is 9.79 Å². The fraction of sp³-hybridized carbons (Fsp3) is 0.292. The van der Waals surface area contributed by atoms with Gasteiger partial charge in [-0.25, -0.2) is 4.68 Å². The summed E-state index contributed by atoms with van der Waals surface area (Å²) in [6.45, 7) is 1.80. The lowest BCUT2D eigenvalue weighted by Gasteiger charge is -2.15. The number of carbonyl (C=O) groups excluding carboxylic acids is 1. The molecule has 0 fully saturated rings. The number of hydrogen-bond donors (Lipinski definition) is 0. The standard InChI is InChI=1S/C24H27N3O5/c1-16(18-13-21(29-2)24(32-5)22(14-18)30-3)25-15-20(28)23(31-4)17-7-9-19(10-8-17)27-12-6-11-26-27/h6-14,23H,15H2,1-5H3. The number of ketones is 1. The lowest BCUT2D eigenvalue weighted by Crippen LogP contribution is -2.18. The van der Waals surface area contributed by atoms with E-state index in [4.69, 9.17) is 18.9 Å². The summed E-state index contributed by atoms with van der Waals surface area (Å²) >= 11 is 0. The van der Waals surface area contributed by atoms with Gasteiger partial charge in [0, 0.05) is 30.8 Å². The van der Waals surface area contributed by atoms with E-state index in [0.717, 1.165) is 16.8 Å². The van der Waals surface area contributed by atoms with Crippen molar-refractivity contribution in [3.05, 3.63) is 66.0 Å². The molecule has 2 aromatic carbocycles. The average molecular weight is 437 g/mol. The van der Waals surface area contributed by atoms with Crippen molar-refractivity contribution < 1.29 is 23.7 Å². The first-order valence-corrected chi connectivity index (χ1v) is 9.99. The molecule has 0 radical (unpaired) electrons. The molecule has 0 amide bonds. The van der Waals surface area contributed by atoms with Gasteiger partial charge < -0.3 is 18.9 Å². The second kappa shape index (κ2) is 10.6. The topological polar surface area (TPSA) is 84.2 Å². The van der Waals surface area contributed by atoms with Crippen LogP contribution >= 0.6 is 0 Å². The smallest absolute Gasteiger partial charge is 0.203 e. The summed E-state index contributed by atoms with van der Waals surface area (Å²) in [6.07, 6.45) is 2.86. The highest BCUT2D eigenvalue weighted by Crippen LogP contribution is 2.38. The van der Waals surface area contributed by atoms with Gasteiger partial charge in [-0.1, -0.05) is 12.1 Å². The number of Topliss-reactive ketones (excluding diaryl/α,β-unsaturated/α-hetero) is 1. The van der Waals surface area contributed by atoms with Gasteiger partial charge in [-0.15, -0.1) is 0 Å². The predicted molar refractivity (Wildman–Crippen MR) is 121 cm³/mol. The van der Waals surface area contributed by atoms with Crippen molar-refractivity contribution in [2.24, 2.45) is 4.99 Å². The van der Waals surface area contributed by atoms with Crippen molar-refractivity contribution >= 4 is 11.5 Å². The minimum atomic E-state index is -0.710. The van der Waals surface area contributed by atoms with E-state index in [2.05, 4.69) is 10.1 Å². The summed E-state index contributed by atoms with van der Waals surface area (Å²) in [7, 11) is 6.17. The first-order chi connectivity index (χ1) is 15.5. The Labute approximate surface area is 187 Å². The minimum absolute atomic E-state index is 0.0259. The van der Waals surface area contributed by atoms with Gasteiger partial charge in [-0.2, -0.15) is 5.10 Å². The van der Waals surface area contributed by atoms with Crippen molar-refractivity contribution in [3.8, 4) is 22.9 Å². The molecule has 0 saturated heterocycles. The molecule has 0 aliphatic carbocycles. The van der Waals surface area contributed by atoms with Gasteiger partial charge in [0.2, 0.25) is 5.75 Å². The molecular weight excluding hydrogens is 410 g/mol. The van der Waals surface area contributed by atoms with Crippen LogP contribution in [0.5, 0.6) is 17.2 Å². The van der Waals surface area contributed by atoms with Gasteiger partial charge in [0.25, 0.3) is 0 Å². The highest BCUT2D eigenvalue weighted by molar-refractivity contribution is 6.01. The number of hydrogen-bond acceptors (Lipinski definition) is 7. The van der Waals surface area contributed by atoms with Crippen LogP contribution in [-0.2, 0) is 9.53 Å². The molecule has 3 rings (SSSR count). The van der Waals surface area contributed by atoms with Crippen LogP contribution in [-0.4, -0.2) is 56.3 Å². The normalized spacial score (nSPS) is 12.3. The zero-order valence-electron chi connectivity index (χ0n) is 18.9. The fourth-order valence-corrected chi connectivity index (χ4v) is 3.34. The maximum absolute atomic E-state index is 12.9. The third-order valence-corrected chi connectivity index (χ3v) is 5.05. The van der Waals surface area contributed by atoms with E-state index in [0.29, 0.717) is 23.0 Å². The van der Waals surface area contributed by atoms with Gasteiger partial charge in [-0.05, 0) is 42.8 Å². The van der Waals surface area contributed by atoms with Crippen LogP contribution in [0.2, 0.25) is 0 Å². The zero-order valence-corrected chi connectivity index (χ0v) is 18.9. The SMILES string of the molecule is COc1cc(C(C)=NCC(=O)C(OC)c2ccc(-n3cccn3)cc2)cc(OC)c1OC. The molecule has 0 saturated carbocycles. The summed E-state index contributed by atoms with van der Waals surface area (Å²) in [6, 6.07) is 13.0. The van der Waals surface area contributed by atoms with Crippen LogP contribution in [0.1, 0.15) is 24.2 Å². The summed E-state index contributed by atoms with van der Waals surface area (Å²) in [5, 5.41) is 4.20. The summed E-state index contributed by atoms with van der Waals surface area (Å²) in [5.74, 6) is 1.40. The van der Waals surface area contributed by atoms with Gasteiger partial charge in [0.15, 0.2) is 17.3 Å². The van der Waals surface area contributed by atoms with Crippen LogP contribution in [0.25, 0.3) is 5.69 Å². The largest absolute Gasteiger partial charge is 0.493 e. The number of ether oxygens (including phenoxy) is 4. The van der Waals surface area contributed by atoms with E-state index in [1.165, 1.54) is 7.11 Å². The first kappa shape index (κ1) is 23.0. The zero-order chi connectivity index (χ0) is 23.1. The van der Waals surface area contributed by atoms with Crippen molar-refractivity contribution in [3.63, 3.8) is 0 Å². The van der Waals surface area contributed by atoms with Gasteiger partial charge >= 0.3 is 0 Å². The average Bonchev–Trinajstić information content (AvgIpc) is 3.37. The van der Waals surface area contributed by atoms with Crippen LogP contribution in [0.3, 0.4) is 0 Å². The number of nitrogens with zero attached hydrogens (tertiary/aromatic N) is 3. The van der Waals surface area contributed by atoms with E-state index in [9.17, 15) is 4.79 Å². The highest BCUT2D eigenvalue weighted by atomic mass is 16.5. The van der Waals surface area contributed by atoms with E-state index in [1.54, 1.807) is 44.3 Å². The summed E-state index contributed by atoms with van der Waals surface area (Å²) in [5.41, 5.74) is 3.10. The van der Waals surface area contributed by atoms with Crippen molar-refractivity contribution in [2.75, 3.05) is 35.0 Å². The highest BCUT2D eigenvalue weighted by Gasteiger charge is 2.20. The van der Waals surface area contributed by atoms with Crippen molar-refractivity contribution in [1.82, 2.24) is 9.78 Å². The Morgan fingerprint density at radius 1 is 1.03 bits per heavy atom. The number of aliphatic imine (C=N–C) groups is 1. The second-order valence-electron chi connectivity index (χ2n) is 6.94. The minimum Gasteiger partial charge on any atom is -0.493 e. The maximum Gasteiger partial charge on any atom is 0.203 e. The van der Waals surface area contributed by atoms with Crippen molar-refractivity contribution in [2.45, 2.75) is 13.0 Å². The molecule has 8 nitrogen and oxygen atoms in total. The van der Waals surface area contributed by atoms with E-state index in [-0.39, 0.29) is 12.3 Å².